The van der Waals surface area contributed by atoms with Crippen molar-refractivity contribution in [3.8, 4) is 5.75 Å². The van der Waals surface area contributed by atoms with Crippen molar-refractivity contribution < 1.29 is 9.13 Å². The Hall–Kier alpha value is -1.87. The van der Waals surface area contributed by atoms with Gasteiger partial charge in [0.05, 0.1) is 0 Å². The number of halogens is 1. The number of hydrogen-bond acceptors (Lipinski definition) is 2. The molecule has 2 aromatic carbocycles. The molecule has 0 aromatic heterocycles. The van der Waals surface area contributed by atoms with Crippen LogP contribution in [0.15, 0.2) is 36.4 Å². The van der Waals surface area contributed by atoms with Crippen LogP contribution in [0.5, 0.6) is 5.75 Å². The summed E-state index contributed by atoms with van der Waals surface area (Å²) in [5.41, 5.74) is 9.93. The first-order valence-electron chi connectivity index (χ1n) is 6.71. The normalized spacial score (nSPS) is 12.2. The minimum atomic E-state index is -0.224. The Bertz CT molecular complexity index is 608. The summed E-state index contributed by atoms with van der Waals surface area (Å²) < 4.78 is 19.0. The second kappa shape index (κ2) is 6.06. The Balaban J connectivity index is 2.20. The molecule has 2 N–H and O–H groups in total. The molecule has 0 heterocycles. The summed E-state index contributed by atoms with van der Waals surface area (Å²) in [6.45, 7) is 6.24. The van der Waals surface area contributed by atoms with Gasteiger partial charge in [0, 0.05) is 11.6 Å². The van der Waals surface area contributed by atoms with Gasteiger partial charge in [0.25, 0.3) is 0 Å². The zero-order valence-electron chi connectivity index (χ0n) is 12.1. The molecule has 1 atom stereocenters. The van der Waals surface area contributed by atoms with Gasteiger partial charge in [-0.05, 0) is 55.7 Å². The van der Waals surface area contributed by atoms with Crippen LogP contribution in [0.3, 0.4) is 0 Å². The lowest BCUT2D eigenvalue weighted by Crippen LogP contribution is -2.08. The molecule has 0 fully saturated rings. The number of aryl methyl sites for hydroxylation is 2. The van der Waals surface area contributed by atoms with E-state index in [1.165, 1.54) is 12.1 Å². The van der Waals surface area contributed by atoms with Crippen LogP contribution in [-0.2, 0) is 6.61 Å². The highest BCUT2D eigenvalue weighted by molar-refractivity contribution is 5.39. The zero-order chi connectivity index (χ0) is 14.7. The predicted octanol–water partition coefficient (Wildman–Crippen LogP) is 4.04. The topological polar surface area (TPSA) is 35.2 Å². The maximum Gasteiger partial charge on any atom is 0.124 e. The van der Waals surface area contributed by atoms with E-state index >= 15 is 0 Å². The molecule has 0 aliphatic heterocycles. The smallest absolute Gasteiger partial charge is 0.124 e. The van der Waals surface area contributed by atoms with Gasteiger partial charge in [-0.3, -0.25) is 0 Å². The molecule has 0 aliphatic carbocycles. The van der Waals surface area contributed by atoms with Gasteiger partial charge in [0.1, 0.15) is 18.2 Å². The highest BCUT2D eigenvalue weighted by Crippen LogP contribution is 2.26. The third kappa shape index (κ3) is 3.36. The van der Waals surface area contributed by atoms with E-state index in [1.807, 2.05) is 39.0 Å². The lowest BCUT2D eigenvalue weighted by Gasteiger charge is -2.15. The van der Waals surface area contributed by atoms with E-state index in [0.717, 1.165) is 28.0 Å². The van der Waals surface area contributed by atoms with Crippen molar-refractivity contribution in [2.75, 3.05) is 0 Å². The van der Waals surface area contributed by atoms with Crippen LogP contribution in [0.25, 0.3) is 0 Å². The van der Waals surface area contributed by atoms with E-state index in [0.29, 0.717) is 6.61 Å². The Labute approximate surface area is 119 Å². The van der Waals surface area contributed by atoms with Crippen LogP contribution in [0.2, 0.25) is 0 Å². The van der Waals surface area contributed by atoms with Gasteiger partial charge < -0.3 is 10.5 Å². The summed E-state index contributed by atoms with van der Waals surface area (Å²) in [4.78, 5) is 0. The Kier molecular flexibility index (Phi) is 4.40. The fourth-order valence-electron chi connectivity index (χ4n) is 2.12. The number of hydrogen-bond donors (Lipinski definition) is 1. The van der Waals surface area contributed by atoms with Gasteiger partial charge in [-0.2, -0.15) is 0 Å². The van der Waals surface area contributed by atoms with Crippen molar-refractivity contribution >= 4 is 0 Å². The minimum Gasteiger partial charge on any atom is -0.489 e. The number of benzene rings is 2. The highest BCUT2D eigenvalue weighted by atomic mass is 19.1. The van der Waals surface area contributed by atoms with Crippen molar-refractivity contribution in [2.45, 2.75) is 33.4 Å². The quantitative estimate of drug-likeness (QED) is 0.912. The monoisotopic (exact) mass is 273 g/mol. The molecule has 0 radical (unpaired) electrons. The first kappa shape index (κ1) is 14.5. The summed E-state index contributed by atoms with van der Waals surface area (Å²) in [5, 5.41) is 0. The third-order valence-corrected chi connectivity index (χ3v) is 3.35. The average molecular weight is 273 g/mol. The SMILES string of the molecule is Cc1ccc(C(C)N)c(OCc2ccc(F)cc2C)c1. The largest absolute Gasteiger partial charge is 0.489 e. The van der Waals surface area contributed by atoms with Crippen LogP contribution in [-0.4, -0.2) is 0 Å². The van der Waals surface area contributed by atoms with E-state index in [-0.39, 0.29) is 11.9 Å². The Morgan fingerprint density at radius 2 is 1.90 bits per heavy atom. The molecule has 2 aromatic rings. The first-order valence-corrected chi connectivity index (χ1v) is 6.71. The fourth-order valence-corrected chi connectivity index (χ4v) is 2.12. The highest BCUT2D eigenvalue weighted by Gasteiger charge is 2.09. The van der Waals surface area contributed by atoms with Gasteiger partial charge in [0.15, 0.2) is 0 Å². The molecule has 2 rings (SSSR count). The molecule has 106 valence electrons. The van der Waals surface area contributed by atoms with Crippen molar-refractivity contribution in [2.24, 2.45) is 5.73 Å². The van der Waals surface area contributed by atoms with Crippen LogP contribution < -0.4 is 10.5 Å². The maximum atomic E-state index is 13.1. The van der Waals surface area contributed by atoms with Crippen LogP contribution >= 0.6 is 0 Å². The van der Waals surface area contributed by atoms with E-state index in [9.17, 15) is 4.39 Å². The molecule has 0 spiro atoms. The second-order valence-corrected chi connectivity index (χ2v) is 5.19. The fraction of sp³-hybridized carbons (Fsp3) is 0.294. The van der Waals surface area contributed by atoms with Crippen molar-refractivity contribution in [1.29, 1.82) is 0 Å². The van der Waals surface area contributed by atoms with Crippen LogP contribution in [0.4, 0.5) is 4.39 Å². The first-order chi connectivity index (χ1) is 9.47. The lowest BCUT2D eigenvalue weighted by molar-refractivity contribution is 0.300. The summed E-state index contributed by atoms with van der Waals surface area (Å²) in [5.74, 6) is 0.571. The summed E-state index contributed by atoms with van der Waals surface area (Å²) in [6, 6.07) is 10.6. The van der Waals surface area contributed by atoms with Crippen molar-refractivity contribution in [1.82, 2.24) is 0 Å². The van der Waals surface area contributed by atoms with Gasteiger partial charge >= 0.3 is 0 Å². The molecule has 1 unspecified atom stereocenters. The number of rotatable bonds is 4. The van der Waals surface area contributed by atoms with Crippen LogP contribution in [0.1, 0.15) is 35.2 Å². The molecule has 3 heteroatoms. The second-order valence-electron chi connectivity index (χ2n) is 5.19. The van der Waals surface area contributed by atoms with Crippen molar-refractivity contribution in [3.63, 3.8) is 0 Å². The standard InChI is InChI=1S/C17H20FNO/c1-11-4-7-16(13(3)19)17(8-11)20-10-14-5-6-15(18)9-12(14)2/h4-9,13H,10,19H2,1-3H3. The molecular formula is C17H20FNO. The molecule has 2 nitrogen and oxygen atoms in total. The molecule has 0 saturated heterocycles. The summed E-state index contributed by atoms with van der Waals surface area (Å²) in [6.07, 6.45) is 0. The Morgan fingerprint density at radius 3 is 2.55 bits per heavy atom. The molecular weight excluding hydrogens is 253 g/mol. The van der Waals surface area contributed by atoms with Gasteiger partial charge in [-0.15, -0.1) is 0 Å². The third-order valence-electron chi connectivity index (χ3n) is 3.35. The molecule has 0 aliphatic rings. The van der Waals surface area contributed by atoms with E-state index in [4.69, 9.17) is 10.5 Å². The Morgan fingerprint density at radius 1 is 1.15 bits per heavy atom. The number of nitrogens with two attached hydrogens (primary N) is 1. The molecule has 0 bridgehead atoms. The molecule has 0 amide bonds. The average Bonchev–Trinajstić information content (AvgIpc) is 2.37. The zero-order valence-corrected chi connectivity index (χ0v) is 12.1. The predicted molar refractivity (Wildman–Crippen MR) is 79.3 cm³/mol. The summed E-state index contributed by atoms with van der Waals surface area (Å²) in [7, 11) is 0. The van der Waals surface area contributed by atoms with Gasteiger partial charge in [-0.1, -0.05) is 18.2 Å². The summed E-state index contributed by atoms with van der Waals surface area (Å²) >= 11 is 0. The minimum absolute atomic E-state index is 0.0834. The molecule has 0 saturated carbocycles. The maximum absolute atomic E-state index is 13.1. The van der Waals surface area contributed by atoms with Gasteiger partial charge in [-0.25, -0.2) is 4.39 Å². The van der Waals surface area contributed by atoms with E-state index in [1.54, 1.807) is 6.07 Å². The number of ether oxygens (including phenoxy) is 1. The lowest BCUT2D eigenvalue weighted by atomic mass is 10.1. The van der Waals surface area contributed by atoms with Gasteiger partial charge in [0.2, 0.25) is 0 Å². The van der Waals surface area contributed by atoms with Crippen molar-refractivity contribution in [3.05, 3.63) is 64.5 Å². The van der Waals surface area contributed by atoms with E-state index < -0.39 is 0 Å². The van der Waals surface area contributed by atoms with E-state index in [2.05, 4.69) is 0 Å². The van der Waals surface area contributed by atoms with Crippen LogP contribution in [0, 0.1) is 19.7 Å². The molecule has 20 heavy (non-hydrogen) atoms.